The van der Waals surface area contributed by atoms with E-state index in [0.717, 1.165) is 25.8 Å². The summed E-state index contributed by atoms with van der Waals surface area (Å²) in [7, 11) is 2.10. The van der Waals surface area contributed by atoms with E-state index in [2.05, 4.69) is 43.1 Å². The van der Waals surface area contributed by atoms with Crippen LogP contribution >= 0.6 is 0 Å². The summed E-state index contributed by atoms with van der Waals surface area (Å²) in [5, 5.41) is 9.27. The molecule has 0 aliphatic heterocycles. The highest BCUT2D eigenvalue weighted by molar-refractivity contribution is 5.52. The molecule has 1 aromatic rings. The van der Waals surface area contributed by atoms with Crippen LogP contribution in [0.2, 0.25) is 0 Å². The van der Waals surface area contributed by atoms with Crippen LogP contribution in [-0.4, -0.2) is 30.8 Å². The Hall–Kier alpha value is -1.06. The topological polar surface area (TPSA) is 49.5 Å². The van der Waals surface area contributed by atoms with Gasteiger partial charge in [-0.15, -0.1) is 0 Å². The molecular weight excluding hydrogens is 224 g/mol. The molecule has 1 atom stereocenters. The zero-order valence-electron chi connectivity index (χ0n) is 11.8. The summed E-state index contributed by atoms with van der Waals surface area (Å²) in [4.78, 5) is 2.25. The van der Waals surface area contributed by atoms with Gasteiger partial charge in [0.15, 0.2) is 0 Å². The SMILES string of the molecule is CCC(N)(CO)CCCN(C)c1ccccc1C. The number of hydrogen-bond acceptors (Lipinski definition) is 3. The first-order valence-electron chi connectivity index (χ1n) is 6.69. The molecule has 0 radical (unpaired) electrons. The van der Waals surface area contributed by atoms with Crippen molar-refractivity contribution < 1.29 is 5.11 Å². The molecule has 0 amide bonds. The minimum absolute atomic E-state index is 0.0670. The quantitative estimate of drug-likeness (QED) is 0.781. The Morgan fingerprint density at radius 1 is 1.33 bits per heavy atom. The van der Waals surface area contributed by atoms with E-state index in [1.165, 1.54) is 11.3 Å². The lowest BCUT2D eigenvalue weighted by Gasteiger charge is -2.27. The van der Waals surface area contributed by atoms with Crippen LogP contribution in [0.4, 0.5) is 5.69 Å². The van der Waals surface area contributed by atoms with Crippen molar-refractivity contribution in [1.29, 1.82) is 0 Å². The molecule has 0 spiro atoms. The van der Waals surface area contributed by atoms with E-state index in [9.17, 15) is 5.11 Å². The molecule has 102 valence electrons. The molecule has 1 rings (SSSR count). The van der Waals surface area contributed by atoms with Gasteiger partial charge in [-0.25, -0.2) is 0 Å². The standard InChI is InChI=1S/C15H26N2O/c1-4-15(16,12-18)10-7-11-17(3)14-9-6-5-8-13(14)2/h5-6,8-9,18H,4,7,10-12,16H2,1-3H3. The lowest BCUT2D eigenvalue weighted by atomic mass is 9.92. The number of aryl methyl sites for hydroxylation is 1. The third-order valence-electron chi connectivity index (χ3n) is 3.71. The van der Waals surface area contributed by atoms with Gasteiger partial charge in [-0.05, 0) is 37.8 Å². The van der Waals surface area contributed by atoms with E-state index >= 15 is 0 Å². The smallest absolute Gasteiger partial charge is 0.0611 e. The van der Waals surface area contributed by atoms with Gasteiger partial charge in [-0.1, -0.05) is 25.1 Å². The maximum atomic E-state index is 9.27. The van der Waals surface area contributed by atoms with Gasteiger partial charge in [0.25, 0.3) is 0 Å². The highest BCUT2D eigenvalue weighted by Crippen LogP contribution is 2.19. The third kappa shape index (κ3) is 4.00. The summed E-state index contributed by atoms with van der Waals surface area (Å²) < 4.78 is 0. The van der Waals surface area contributed by atoms with E-state index in [4.69, 9.17) is 5.73 Å². The Balaban J connectivity index is 2.47. The van der Waals surface area contributed by atoms with Gasteiger partial charge in [0.1, 0.15) is 0 Å². The van der Waals surface area contributed by atoms with Crippen LogP contribution in [0.25, 0.3) is 0 Å². The molecule has 0 bridgehead atoms. The molecule has 3 heteroatoms. The van der Waals surface area contributed by atoms with Crippen LogP contribution < -0.4 is 10.6 Å². The number of nitrogens with two attached hydrogens (primary N) is 1. The summed E-state index contributed by atoms with van der Waals surface area (Å²) in [5.74, 6) is 0. The van der Waals surface area contributed by atoms with E-state index in [-0.39, 0.29) is 6.61 Å². The molecule has 0 aliphatic rings. The number of aliphatic hydroxyl groups excluding tert-OH is 1. The fraction of sp³-hybridized carbons (Fsp3) is 0.600. The Morgan fingerprint density at radius 3 is 2.56 bits per heavy atom. The number of aliphatic hydroxyl groups is 1. The number of nitrogens with zero attached hydrogens (tertiary/aromatic N) is 1. The van der Waals surface area contributed by atoms with Crippen LogP contribution in [0.1, 0.15) is 31.7 Å². The van der Waals surface area contributed by atoms with Crippen molar-refractivity contribution in [2.45, 2.75) is 38.6 Å². The zero-order valence-corrected chi connectivity index (χ0v) is 11.8. The molecule has 0 aromatic heterocycles. The highest BCUT2D eigenvalue weighted by atomic mass is 16.3. The van der Waals surface area contributed by atoms with Crippen LogP contribution in [0.15, 0.2) is 24.3 Å². The number of para-hydroxylation sites is 1. The minimum Gasteiger partial charge on any atom is -0.394 e. The first kappa shape index (κ1) is 15.0. The van der Waals surface area contributed by atoms with Gasteiger partial charge in [0.05, 0.1) is 6.61 Å². The fourth-order valence-corrected chi connectivity index (χ4v) is 2.15. The maximum Gasteiger partial charge on any atom is 0.0611 e. The summed E-state index contributed by atoms with van der Waals surface area (Å²) >= 11 is 0. The molecule has 1 unspecified atom stereocenters. The molecule has 0 fully saturated rings. The van der Waals surface area contributed by atoms with Crippen molar-refractivity contribution in [3.8, 4) is 0 Å². The van der Waals surface area contributed by atoms with Crippen LogP contribution in [0.5, 0.6) is 0 Å². The van der Waals surface area contributed by atoms with Gasteiger partial charge < -0.3 is 15.7 Å². The number of anilines is 1. The van der Waals surface area contributed by atoms with Crippen molar-refractivity contribution in [3.05, 3.63) is 29.8 Å². The fourth-order valence-electron chi connectivity index (χ4n) is 2.15. The first-order valence-corrected chi connectivity index (χ1v) is 6.69. The van der Waals surface area contributed by atoms with Crippen molar-refractivity contribution in [2.24, 2.45) is 5.73 Å². The van der Waals surface area contributed by atoms with Crippen LogP contribution in [0.3, 0.4) is 0 Å². The second-order valence-electron chi connectivity index (χ2n) is 5.19. The average molecular weight is 250 g/mol. The first-order chi connectivity index (χ1) is 8.52. The predicted octanol–water partition coefficient (Wildman–Crippen LogP) is 2.31. The molecule has 3 N–H and O–H groups in total. The Labute approximate surface area is 111 Å². The summed E-state index contributed by atoms with van der Waals surface area (Å²) in [6.07, 6.45) is 2.67. The molecule has 18 heavy (non-hydrogen) atoms. The largest absolute Gasteiger partial charge is 0.394 e. The van der Waals surface area contributed by atoms with Crippen LogP contribution in [-0.2, 0) is 0 Å². The Kier molecular flexibility index (Phi) is 5.63. The second-order valence-corrected chi connectivity index (χ2v) is 5.19. The molecule has 0 heterocycles. The van der Waals surface area contributed by atoms with E-state index < -0.39 is 5.54 Å². The molecule has 1 aromatic carbocycles. The molecule has 0 saturated heterocycles. The van der Waals surface area contributed by atoms with Gasteiger partial charge in [-0.3, -0.25) is 0 Å². The minimum atomic E-state index is -0.410. The summed E-state index contributed by atoms with van der Waals surface area (Å²) in [5.41, 5.74) is 8.23. The predicted molar refractivity (Wildman–Crippen MR) is 78.0 cm³/mol. The lowest BCUT2D eigenvalue weighted by Crippen LogP contribution is -2.43. The van der Waals surface area contributed by atoms with Gasteiger partial charge in [0.2, 0.25) is 0 Å². The zero-order chi connectivity index (χ0) is 13.6. The van der Waals surface area contributed by atoms with Crippen molar-refractivity contribution in [3.63, 3.8) is 0 Å². The number of hydrogen-bond donors (Lipinski definition) is 2. The lowest BCUT2D eigenvalue weighted by molar-refractivity contribution is 0.181. The van der Waals surface area contributed by atoms with Gasteiger partial charge in [0, 0.05) is 24.8 Å². The summed E-state index contributed by atoms with van der Waals surface area (Å²) in [6.45, 7) is 5.18. The Morgan fingerprint density at radius 2 is 2.00 bits per heavy atom. The number of rotatable bonds is 7. The van der Waals surface area contributed by atoms with E-state index in [1.54, 1.807) is 0 Å². The molecule has 0 saturated carbocycles. The Bertz CT molecular complexity index is 361. The van der Waals surface area contributed by atoms with Crippen LogP contribution in [0, 0.1) is 6.92 Å². The maximum absolute atomic E-state index is 9.27. The van der Waals surface area contributed by atoms with E-state index in [0.29, 0.717) is 0 Å². The molecular formula is C15H26N2O. The van der Waals surface area contributed by atoms with Crippen molar-refractivity contribution in [2.75, 3.05) is 25.1 Å². The normalized spacial score (nSPS) is 14.3. The monoisotopic (exact) mass is 250 g/mol. The highest BCUT2D eigenvalue weighted by Gasteiger charge is 2.20. The molecule has 0 aliphatic carbocycles. The average Bonchev–Trinajstić information content (AvgIpc) is 2.39. The van der Waals surface area contributed by atoms with Crippen molar-refractivity contribution in [1.82, 2.24) is 0 Å². The van der Waals surface area contributed by atoms with Crippen molar-refractivity contribution >= 4 is 5.69 Å². The van der Waals surface area contributed by atoms with Gasteiger partial charge >= 0.3 is 0 Å². The summed E-state index contributed by atoms with van der Waals surface area (Å²) in [6, 6.07) is 8.38. The second kappa shape index (κ2) is 6.76. The van der Waals surface area contributed by atoms with E-state index in [1.807, 2.05) is 6.92 Å². The molecule has 3 nitrogen and oxygen atoms in total. The third-order valence-corrected chi connectivity index (χ3v) is 3.71. The van der Waals surface area contributed by atoms with Gasteiger partial charge in [-0.2, -0.15) is 0 Å². The number of benzene rings is 1.